The van der Waals surface area contributed by atoms with Crippen LogP contribution in [0.5, 0.6) is 0 Å². The summed E-state index contributed by atoms with van der Waals surface area (Å²) in [5.41, 5.74) is -0.0884. The van der Waals surface area contributed by atoms with E-state index in [4.69, 9.17) is 5.11 Å². The van der Waals surface area contributed by atoms with Crippen LogP contribution in [0.2, 0.25) is 0 Å². The molecule has 1 N–H and O–H groups in total. The summed E-state index contributed by atoms with van der Waals surface area (Å²) in [4.78, 5) is 24.0. The minimum atomic E-state index is -0.857. The van der Waals surface area contributed by atoms with E-state index in [0.717, 1.165) is 25.7 Å². The van der Waals surface area contributed by atoms with Gasteiger partial charge in [-0.05, 0) is 32.1 Å². The zero-order valence-corrected chi connectivity index (χ0v) is 8.32. The zero-order valence-electron chi connectivity index (χ0n) is 8.32. The van der Waals surface area contributed by atoms with Crippen molar-refractivity contribution in [1.29, 1.82) is 0 Å². The molecule has 1 atom stereocenters. The second kappa shape index (κ2) is 2.97. The molecule has 1 aliphatic carbocycles. The minimum Gasteiger partial charge on any atom is -0.480 e. The average Bonchev–Trinajstić information content (AvgIpc) is 2.41. The number of aliphatic carboxylic acids is 1. The first-order chi connectivity index (χ1) is 6.57. The largest absolute Gasteiger partial charge is 0.480 e. The van der Waals surface area contributed by atoms with Crippen molar-refractivity contribution in [3.05, 3.63) is 0 Å². The average molecular weight is 197 g/mol. The van der Waals surface area contributed by atoms with Crippen molar-refractivity contribution in [2.45, 2.75) is 50.6 Å². The quantitative estimate of drug-likeness (QED) is 0.682. The van der Waals surface area contributed by atoms with Gasteiger partial charge in [-0.25, -0.2) is 4.79 Å². The van der Waals surface area contributed by atoms with Crippen LogP contribution in [0.25, 0.3) is 0 Å². The lowest BCUT2D eigenvalue weighted by Crippen LogP contribution is -2.55. The molecule has 4 nitrogen and oxygen atoms in total. The SMILES string of the molecule is CC(=O)N1C(C(=O)O)CCC12CCC2. The molecule has 0 aromatic rings. The number of nitrogens with zero attached hydrogens (tertiary/aromatic N) is 1. The van der Waals surface area contributed by atoms with Crippen LogP contribution in [0.3, 0.4) is 0 Å². The van der Waals surface area contributed by atoms with E-state index >= 15 is 0 Å². The van der Waals surface area contributed by atoms with Crippen LogP contribution in [-0.2, 0) is 9.59 Å². The monoisotopic (exact) mass is 197 g/mol. The summed E-state index contributed by atoms with van der Waals surface area (Å²) in [6, 6.07) is -0.576. The number of carboxylic acid groups (broad SMARTS) is 1. The van der Waals surface area contributed by atoms with Crippen LogP contribution in [0.1, 0.15) is 39.0 Å². The molecule has 2 aliphatic rings. The lowest BCUT2D eigenvalue weighted by atomic mass is 9.75. The van der Waals surface area contributed by atoms with E-state index < -0.39 is 12.0 Å². The Kier molecular flexibility index (Phi) is 2.01. The highest BCUT2D eigenvalue weighted by Crippen LogP contribution is 2.47. The maximum Gasteiger partial charge on any atom is 0.326 e. The Morgan fingerprint density at radius 2 is 2.00 bits per heavy atom. The van der Waals surface area contributed by atoms with Gasteiger partial charge in [0.2, 0.25) is 5.91 Å². The van der Waals surface area contributed by atoms with Gasteiger partial charge in [0.25, 0.3) is 0 Å². The zero-order chi connectivity index (χ0) is 10.3. The first kappa shape index (κ1) is 9.49. The normalized spacial score (nSPS) is 28.9. The third kappa shape index (κ3) is 1.13. The third-order valence-corrected chi connectivity index (χ3v) is 3.61. The van der Waals surface area contributed by atoms with Crippen molar-refractivity contribution in [2.24, 2.45) is 0 Å². The highest BCUT2D eigenvalue weighted by atomic mass is 16.4. The van der Waals surface area contributed by atoms with Crippen molar-refractivity contribution >= 4 is 11.9 Å². The maximum atomic E-state index is 11.4. The van der Waals surface area contributed by atoms with E-state index in [9.17, 15) is 9.59 Å². The van der Waals surface area contributed by atoms with Crippen LogP contribution >= 0.6 is 0 Å². The molecule has 1 spiro atoms. The fourth-order valence-electron chi connectivity index (χ4n) is 2.85. The van der Waals surface area contributed by atoms with Crippen LogP contribution in [0, 0.1) is 0 Å². The number of carboxylic acids is 1. The fraction of sp³-hybridized carbons (Fsp3) is 0.800. The first-order valence-corrected chi connectivity index (χ1v) is 5.09. The van der Waals surface area contributed by atoms with Crippen molar-refractivity contribution in [3.8, 4) is 0 Å². The highest BCUT2D eigenvalue weighted by Gasteiger charge is 2.53. The Balaban J connectivity index is 2.24. The van der Waals surface area contributed by atoms with Gasteiger partial charge >= 0.3 is 5.97 Å². The van der Waals surface area contributed by atoms with E-state index in [1.807, 2.05) is 0 Å². The second-order valence-corrected chi connectivity index (χ2v) is 4.36. The van der Waals surface area contributed by atoms with Crippen LogP contribution in [-0.4, -0.2) is 33.5 Å². The molecular weight excluding hydrogens is 182 g/mol. The highest BCUT2D eigenvalue weighted by molar-refractivity contribution is 5.84. The van der Waals surface area contributed by atoms with E-state index in [1.54, 1.807) is 4.90 Å². The summed E-state index contributed by atoms with van der Waals surface area (Å²) in [6.45, 7) is 1.47. The lowest BCUT2D eigenvalue weighted by molar-refractivity contribution is -0.153. The van der Waals surface area contributed by atoms with Gasteiger partial charge in [-0.1, -0.05) is 0 Å². The number of amides is 1. The Morgan fingerprint density at radius 1 is 1.36 bits per heavy atom. The number of hydrogen-bond donors (Lipinski definition) is 1. The lowest BCUT2D eigenvalue weighted by Gasteiger charge is -2.46. The first-order valence-electron chi connectivity index (χ1n) is 5.09. The van der Waals surface area contributed by atoms with Gasteiger partial charge in [-0.3, -0.25) is 4.79 Å². The van der Waals surface area contributed by atoms with Crippen molar-refractivity contribution in [1.82, 2.24) is 4.90 Å². The summed E-state index contributed by atoms with van der Waals surface area (Å²) < 4.78 is 0. The molecule has 1 saturated carbocycles. The molecule has 0 bridgehead atoms. The van der Waals surface area contributed by atoms with Crippen molar-refractivity contribution in [2.75, 3.05) is 0 Å². The number of likely N-dealkylation sites (tertiary alicyclic amines) is 1. The molecule has 4 heteroatoms. The molecular formula is C10H15NO3. The maximum absolute atomic E-state index is 11.4. The second-order valence-electron chi connectivity index (χ2n) is 4.36. The molecule has 2 fully saturated rings. The van der Waals surface area contributed by atoms with Gasteiger partial charge in [-0.2, -0.15) is 0 Å². The van der Waals surface area contributed by atoms with Gasteiger partial charge < -0.3 is 10.0 Å². The molecule has 1 heterocycles. The minimum absolute atomic E-state index is 0.0883. The molecule has 78 valence electrons. The van der Waals surface area contributed by atoms with Gasteiger partial charge in [0, 0.05) is 12.5 Å². The predicted octanol–water partition coefficient (Wildman–Crippen LogP) is 1.00. The van der Waals surface area contributed by atoms with E-state index in [1.165, 1.54) is 6.92 Å². The van der Waals surface area contributed by atoms with Crippen LogP contribution in [0.15, 0.2) is 0 Å². The van der Waals surface area contributed by atoms with E-state index in [0.29, 0.717) is 6.42 Å². The van der Waals surface area contributed by atoms with E-state index in [2.05, 4.69) is 0 Å². The fourth-order valence-corrected chi connectivity index (χ4v) is 2.85. The van der Waals surface area contributed by atoms with Crippen LogP contribution < -0.4 is 0 Å². The Bertz CT molecular complexity index is 283. The molecule has 1 saturated heterocycles. The summed E-state index contributed by atoms with van der Waals surface area (Å²) in [7, 11) is 0. The number of carbonyl (C=O) groups is 2. The number of rotatable bonds is 1. The molecule has 0 aromatic heterocycles. The summed E-state index contributed by atoms with van der Waals surface area (Å²) in [6.07, 6.45) is 4.57. The smallest absolute Gasteiger partial charge is 0.326 e. The van der Waals surface area contributed by atoms with Gasteiger partial charge in [0.15, 0.2) is 0 Å². The Labute approximate surface area is 82.9 Å². The topological polar surface area (TPSA) is 57.6 Å². The number of carbonyl (C=O) groups excluding carboxylic acids is 1. The molecule has 1 unspecified atom stereocenters. The van der Waals surface area contributed by atoms with Crippen LogP contribution in [0.4, 0.5) is 0 Å². The van der Waals surface area contributed by atoms with Crippen molar-refractivity contribution in [3.63, 3.8) is 0 Å². The van der Waals surface area contributed by atoms with Crippen molar-refractivity contribution < 1.29 is 14.7 Å². The Hall–Kier alpha value is -1.06. The van der Waals surface area contributed by atoms with Gasteiger partial charge in [-0.15, -0.1) is 0 Å². The summed E-state index contributed by atoms with van der Waals surface area (Å²) in [5.74, 6) is -0.946. The summed E-state index contributed by atoms with van der Waals surface area (Å²) in [5, 5.41) is 8.99. The molecule has 14 heavy (non-hydrogen) atoms. The molecule has 1 aliphatic heterocycles. The summed E-state index contributed by atoms with van der Waals surface area (Å²) >= 11 is 0. The molecule has 0 radical (unpaired) electrons. The standard InChI is InChI=1S/C10H15NO3/c1-7(12)11-8(9(13)14)3-6-10(11)4-2-5-10/h8H,2-6H2,1H3,(H,13,14). The Morgan fingerprint density at radius 3 is 2.36 bits per heavy atom. The molecule has 0 aromatic carbocycles. The number of hydrogen-bond acceptors (Lipinski definition) is 2. The van der Waals surface area contributed by atoms with Gasteiger partial charge in [0.05, 0.1) is 0 Å². The van der Waals surface area contributed by atoms with E-state index in [-0.39, 0.29) is 11.4 Å². The third-order valence-electron chi connectivity index (χ3n) is 3.61. The molecule has 1 amide bonds. The van der Waals surface area contributed by atoms with Gasteiger partial charge in [0.1, 0.15) is 6.04 Å². The molecule has 2 rings (SSSR count). The predicted molar refractivity (Wildman–Crippen MR) is 49.8 cm³/mol.